The van der Waals surface area contributed by atoms with Gasteiger partial charge < -0.3 is 15.0 Å². The standard InChI is InChI=1S/C13H12N2O2/c14-13-11(8-9-4-3-7-16-9)10-5-1-2-6-12(10)17-15-13/h1-7,15H,8,14H2. The van der Waals surface area contributed by atoms with Gasteiger partial charge in [-0.15, -0.1) is 0 Å². The molecular formula is C13H12N2O2. The molecule has 0 aliphatic carbocycles. The highest BCUT2D eigenvalue weighted by Crippen LogP contribution is 2.31. The first kappa shape index (κ1) is 9.84. The fraction of sp³-hybridized carbons (Fsp3) is 0.0769. The van der Waals surface area contributed by atoms with Gasteiger partial charge in [0.2, 0.25) is 0 Å². The minimum Gasteiger partial charge on any atom is -0.469 e. The quantitative estimate of drug-likeness (QED) is 0.825. The van der Waals surface area contributed by atoms with Gasteiger partial charge in [0.1, 0.15) is 11.6 Å². The molecule has 1 aliphatic heterocycles. The molecule has 17 heavy (non-hydrogen) atoms. The highest BCUT2D eigenvalue weighted by Gasteiger charge is 2.19. The maximum Gasteiger partial charge on any atom is 0.162 e. The average molecular weight is 228 g/mol. The van der Waals surface area contributed by atoms with Crippen molar-refractivity contribution in [1.29, 1.82) is 0 Å². The second-order valence-corrected chi connectivity index (χ2v) is 3.85. The van der Waals surface area contributed by atoms with Gasteiger partial charge in [0.25, 0.3) is 0 Å². The predicted octanol–water partition coefficient (Wildman–Crippen LogP) is 2.05. The summed E-state index contributed by atoms with van der Waals surface area (Å²) in [5, 5.41) is 0. The Balaban J connectivity index is 2.01. The van der Waals surface area contributed by atoms with Crippen LogP contribution in [-0.4, -0.2) is 0 Å². The molecule has 0 saturated heterocycles. The number of rotatable bonds is 2. The number of allylic oxidation sites excluding steroid dienone is 1. The van der Waals surface area contributed by atoms with Crippen molar-refractivity contribution in [2.75, 3.05) is 0 Å². The van der Waals surface area contributed by atoms with Crippen LogP contribution in [0.3, 0.4) is 0 Å². The molecule has 0 amide bonds. The smallest absolute Gasteiger partial charge is 0.162 e. The van der Waals surface area contributed by atoms with Crippen LogP contribution in [0.25, 0.3) is 5.57 Å². The third-order valence-electron chi connectivity index (χ3n) is 2.74. The van der Waals surface area contributed by atoms with Gasteiger partial charge >= 0.3 is 0 Å². The summed E-state index contributed by atoms with van der Waals surface area (Å²) in [7, 11) is 0. The number of para-hydroxylation sites is 1. The molecule has 0 saturated carbocycles. The summed E-state index contributed by atoms with van der Waals surface area (Å²) in [6.45, 7) is 0. The molecule has 3 N–H and O–H groups in total. The van der Waals surface area contributed by atoms with Gasteiger partial charge in [0.15, 0.2) is 5.75 Å². The molecule has 0 atom stereocenters. The van der Waals surface area contributed by atoms with Crippen molar-refractivity contribution in [1.82, 2.24) is 5.48 Å². The normalized spacial score (nSPS) is 13.9. The molecule has 1 aromatic heterocycles. The van der Waals surface area contributed by atoms with E-state index in [9.17, 15) is 0 Å². The van der Waals surface area contributed by atoms with E-state index < -0.39 is 0 Å². The second-order valence-electron chi connectivity index (χ2n) is 3.85. The zero-order chi connectivity index (χ0) is 11.7. The molecule has 4 heteroatoms. The first-order chi connectivity index (χ1) is 8.34. The van der Waals surface area contributed by atoms with Crippen LogP contribution in [0.4, 0.5) is 0 Å². The first-order valence-corrected chi connectivity index (χ1v) is 5.38. The molecule has 0 radical (unpaired) electrons. The Hall–Kier alpha value is -2.36. The first-order valence-electron chi connectivity index (χ1n) is 5.38. The van der Waals surface area contributed by atoms with E-state index in [4.69, 9.17) is 15.0 Å². The highest BCUT2D eigenvalue weighted by molar-refractivity contribution is 5.74. The van der Waals surface area contributed by atoms with Crippen LogP contribution in [0.15, 0.2) is 52.9 Å². The lowest BCUT2D eigenvalue weighted by Gasteiger charge is -2.21. The van der Waals surface area contributed by atoms with Crippen molar-refractivity contribution in [3.8, 4) is 5.75 Å². The van der Waals surface area contributed by atoms with Gasteiger partial charge in [0.05, 0.1) is 6.26 Å². The summed E-state index contributed by atoms with van der Waals surface area (Å²) in [6.07, 6.45) is 2.30. The second kappa shape index (κ2) is 3.90. The lowest BCUT2D eigenvalue weighted by Crippen LogP contribution is -2.29. The lowest BCUT2D eigenvalue weighted by atomic mass is 10.00. The molecule has 0 unspecified atom stereocenters. The topological polar surface area (TPSA) is 60.4 Å². The number of hydrogen-bond acceptors (Lipinski definition) is 4. The Morgan fingerprint density at radius 3 is 2.82 bits per heavy atom. The van der Waals surface area contributed by atoms with Crippen molar-refractivity contribution in [2.24, 2.45) is 5.73 Å². The summed E-state index contributed by atoms with van der Waals surface area (Å²) in [4.78, 5) is 5.32. The van der Waals surface area contributed by atoms with Crippen molar-refractivity contribution < 1.29 is 9.25 Å². The summed E-state index contributed by atoms with van der Waals surface area (Å²) in [5.41, 5.74) is 10.6. The van der Waals surface area contributed by atoms with Gasteiger partial charge in [-0.2, -0.15) is 0 Å². The summed E-state index contributed by atoms with van der Waals surface area (Å²) < 4.78 is 5.34. The van der Waals surface area contributed by atoms with Gasteiger partial charge in [-0.1, -0.05) is 18.2 Å². The fourth-order valence-corrected chi connectivity index (χ4v) is 1.90. The van der Waals surface area contributed by atoms with E-state index in [0.29, 0.717) is 12.2 Å². The lowest BCUT2D eigenvalue weighted by molar-refractivity contribution is 0.222. The third-order valence-corrected chi connectivity index (χ3v) is 2.74. The molecular weight excluding hydrogens is 216 g/mol. The molecule has 0 fully saturated rings. The van der Waals surface area contributed by atoms with E-state index in [0.717, 1.165) is 22.6 Å². The summed E-state index contributed by atoms with van der Waals surface area (Å²) in [6, 6.07) is 11.6. The minimum atomic E-state index is 0.528. The molecule has 4 nitrogen and oxygen atoms in total. The SMILES string of the molecule is NC1=C(Cc2ccco2)c2ccccc2ON1. The maximum absolute atomic E-state index is 5.91. The zero-order valence-corrected chi connectivity index (χ0v) is 9.14. The Morgan fingerprint density at radius 1 is 1.12 bits per heavy atom. The average Bonchev–Trinajstić information content (AvgIpc) is 2.86. The monoisotopic (exact) mass is 228 g/mol. The van der Waals surface area contributed by atoms with Crippen molar-refractivity contribution in [3.05, 3.63) is 59.8 Å². The van der Waals surface area contributed by atoms with Crippen LogP contribution >= 0.6 is 0 Å². The van der Waals surface area contributed by atoms with Crippen molar-refractivity contribution in [2.45, 2.75) is 6.42 Å². The number of hydrogen-bond donors (Lipinski definition) is 2. The van der Waals surface area contributed by atoms with Crippen molar-refractivity contribution in [3.63, 3.8) is 0 Å². The zero-order valence-electron chi connectivity index (χ0n) is 9.14. The van der Waals surface area contributed by atoms with Crippen LogP contribution < -0.4 is 16.1 Å². The number of furan rings is 1. The molecule has 86 valence electrons. The number of benzene rings is 1. The van der Waals surface area contributed by atoms with Gasteiger partial charge in [-0.25, -0.2) is 5.48 Å². The van der Waals surface area contributed by atoms with Crippen LogP contribution in [0.2, 0.25) is 0 Å². The minimum absolute atomic E-state index is 0.528. The summed E-state index contributed by atoms with van der Waals surface area (Å²) in [5.74, 6) is 2.19. The highest BCUT2D eigenvalue weighted by atomic mass is 16.6. The predicted molar refractivity (Wildman–Crippen MR) is 63.7 cm³/mol. The Morgan fingerprint density at radius 2 is 2.00 bits per heavy atom. The van der Waals surface area contributed by atoms with Crippen LogP contribution in [-0.2, 0) is 6.42 Å². The van der Waals surface area contributed by atoms with Gasteiger partial charge in [0, 0.05) is 17.6 Å². The van der Waals surface area contributed by atoms with Crippen LogP contribution in [0.5, 0.6) is 5.75 Å². The van der Waals surface area contributed by atoms with Crippen LogP contribution in [0.1, 0.15) is 11.3 Å². The Labute approximate surface area is 98.6 Å². The van der Waals surface area contributed by atoms with E-state index >= 15 is 0 Å². The molecule has 0 spiro atoms. The van der Waals surface area contributed by atoms with Gasteiger partial charge in [-0.05, 0) is 18.2 Å². The maximum atomic E-state index is 5.91. The van der Waals surface area contributed by atoms with E-state index in [1.807, 2.05) is 36.4 Å². The largest absolute Gasteiger partial charge is 0.469 e. The van der Waals surface area contributed by atoms with E-state index in [2.05, 4.69) is 5.48 Å². The number of nitrogens with one attached hydrogen (secondary N) is 1. The molecule has 2 heterocycles. The number of nitrogens with two attached hydrogens (primary N) is 1. The van der Waals surface area contributed by atoms with E-state index in [1.54, 1.807) is 6.26 Å². The van der Waals surface area contributed by atoms with Crippen molar-refractivity contribution >= 4 is 5.57 Å². The van der Waals surface area contributed by atoms with E-state index in [-0.39, 0.29) is 0 Å². The molecule has 0 bridgehead atoms. The summed E-state index contributed by atoms with van der Waals surface area (Å²) >= 11 is 0. The van der Waals surface area contributed by atoms with Gasteiger partial charge in [-0.3, -0.25) is 0 Å². The Bertz CT molecular complexity index is 559. The van der Waals surface area contributed by atoms with Crippen LogP contribution in [0, 0.1) is 0 Å². The number of hydroxylamine groups is 1. The molecule has 1 aliphatic rings. The third kappa shape index (κ3) is 1.73. The molecule has 1 aromatic carbocycles. The molecule has 3 rings (SSSR count). The fourth-order valence-electron chi connectivity index (χ4n) is 1.90. The Kier molecular flexibility index (Phi) is 2.26. The molecule has 2 aromatic rings. The van der Waals surface area contributed by atoms with E-state index in [1.165, 1.54) is 0 Å². The number of fused-ring (bicyclic) bond motifs is 1.